The summed E-state index contributed by atoms with van der Waals surface area (Å²) in [4.78, 5) is 7.90. The number of hydrogen-bond donors (Lipinski definition) is 2. The lowest BCUT2D eigenvalue weighted by Gasteiger charge is -2.16. The minimum atomic E-state index is -0.223. The van der Waals surface area contributed by atoms with Crippen molar-refractivity contribution in [1.82, 2.24) is 19.5 Å². The van der Waals surface area contributed by atoms with Gasteiger partial charge in [0, 0.05) is 23.5 Å². The van der Waals surface area contributed by atoms with Crippen molar-refractivity contribution in [3.8, 4) is 16.2 Å². The molecule has 7 nitrogen and oxygen atoms in total. The first-order chi connectivity index (χ1) is 15.9. The summed E-state index contributed by atoms with van der Waals surface area (Å²) in [7, 11) is 1.72. The molecule has 3 N–H and O–H groups in total. The number of likely N-dealkylation sites (tertiary alicyclic amines) is 1. The van der Waals surface area contributed by atoms with Crippen LogP contribution < -0.4 is 10.5 Å². The van der Waals surface area contributed by atoms with Gasteiger partial charge in [-0.15, -0.1) is 11.3 Å². The fraction of sp³-hybridized carbons (Fsp3) is 0.440. The number of aliphatic hydroxyl groups is 1. The molecule has 8 heteroatoms. The summed E-state index contributed by atoms with van der Waals surface area (Å²) in [6, 6.07) is 8.69. The van der Waals surface area contributed by atoms with Crippen molar-refractivity contribution in [3.63, 3.8) is 0 Å². The molecule has 2 unspecified atom stereocenters. The van der Waals surface area contributed by atoms with Crippen LogP contribution in [0.25, 0.3) is 26.0 Å². The number of fused-ring (bicyclic) bond motifs is 2. The standard InChI is InChI=1S/C25H31N5O2S/c1-15-8-18-10-22(33-24(18)21(9-15)32-3)20-11-19(30-23(20)25(26)27-14-28-30)13-29-7-6-17(12-29)5-4-16(2)31/h8-11,14,16-17,31H,4-7,12-13H2,1-3H3,(H2,26,27,28). The highest BCUT2D eigenvalue weighted by Crippen LogP contribution is 2.42. The average Bonchev–Trinajstić information content (AvgIpc) is 3.49. The van der Waals surface area contributed by atoms with E-state index < -0.39 is 0 Å². The smallest absolute Gasteiger partial charge is 0.152 e. The maximum Gasteiger partial charge on any atom is 0.152 e. The van der Waals surface area contributed by atoms with Crippen molar-refractivity contribution >= 4 is 32.8 Å². The summed E-state index contributed by atoms with van der Waals surface area (Å²) < 4.78 is 8.73. The number of ether oxygens (including phenoxy) is 1. The monoisotopic (exact) mass is 465 g/mol. The third-order valence-corrected chi connectivity index (χ3v) is 7.82. The van der Waals surface area contributed by atoms with Gasteiger partial charge in [0.1, 0.15) is 17.6 Å². The van der Waals surface area contributed by atoms with Crippen LogP contribution in [0.1, 0.15) is 37.4 Å². The maximum atomic E-state index is 9.62. The number of rotatable bonds is 7. The third kappa shape index (κ3) is 4.30. The van der Waals surface area contributed by atoms with Crippen LogP contribution in [0, 0.1) is 12.8 Å². The second kappa shape index (κ2) is 8.93. The van der Waals surface area contributed by atoms with Gasteiger partial charge in [-0.3, -0.25) is 4.90 Å². The highest BCUT2D eigenvalue weighted by Gasteiger charge is 2.25. The molecule has 5 rings (SSSR count). The number of nitrogens with zero attached hydrogens (tertiary/aromatic N) is 4. The number of nitrogen functional groups attached to an aromatic ring is 1. The van der Waals surface area contributed by atoms with Crippen molar-refractivity contribution in [2.45, 2.75) is 45.8 Å². The molecule has 174 valence electrons. The second-order valence-electron chi connectivity index (χ2n) is 9.27. The summed E-state index contributed by atoms with van der Waals surface area (Å²) in [5, 5.41) is 15.3. The number of aromatic nitrogens is 3. The largest absolute Gasteiger partial charge is 0.495 e. The van der Waals surface area contributed by atoms with Gasteiger partial charge in [-0.1, -0.05) is 6.07 Å². The molecular weight excluding hydrogens is 434 g/mol. The van der Waals surface area contributed by atoms with Crippen molar-refractivity contribution in [3.05, 3.63) is 41.9 Å². The van der Waals surface area contributed by atoms with Gasteiger partial charge < -0.3 is 15.6 Å². The van der Waals surface area contributed by atoms with Crippen molar-refractivity contribution < 1.29 is 9.84 Å². The molecule has 1 aliphatic heterocycles. The Morgan fingerprint density at radius 1 is 1.30 bits per heavy atom. The zero-order chi connectivity index (χ0) is 23.1. The molecule has 1 aliphatic rings. The zero-order valence-corrected chi connectivity index (χ0v) is 20.2. The van der Waals surface area contributed by atoms with E-state index in [1.165, 1.54) is 23.7 Å². The van der Waals surface area contributed by atoms with Crippen molar-refractivity contribution in [2.24, 2.45) is 5.92 Å². The van der Waals surface area contributed by atoms with E-state index in [0.717, 1.165) is 64.6 Å². The third-order valence-electron chi connectivity index (χ3n) is 6.62. The summed E-state index contributed by atoms with van der Waals surface area (Å²) in [6.45, 7) is 6.88. The van der Waals surface area contributed by atoms with E-state index in [4.69, 9.17) is 10.5 Å². The van der Waals surface area contributed by atoms with Crippen LogP contribution in [0.3, 0.4) is 0 Å². The molecular formula is C25H31N5O2S. The lowest BCUT2D eigenvalue weighted by Crippen LogP contribution is -2.21. The molecule has 0 spiro atoms. The van der Waals surface area contributed by atoms with Crippen LogP contribution in [-0.2, 0) is 6.54 Å². The fourth-order valence-corrected chi connectivity index (χ4v) is 6.13. The van der Waals surface area contributed by atoms with Gasteiger partial charge in [0.25, 0.3) is 0 Å². The van der Waals surface area contributed by atoms with E-state index in [0.29, 0.717) is 11.7 Å². The van der Waals surface area contributed by atoms with Crippen molar-refractivity contribution in [1.29, 1.82) is 0 Å². The molecule has 33 heavy (non-hydrogen) atoms. The number of methoxy groups -OCH3 is 1. The molecule has 0 aliphatic carbocycles. The molecule has 0 bridgehead atoms. The lowest BCUT2D eigenvalue weighted by atomic mass is 10.0. The van der Waals surface area contributed by atoms with Crippen LogP contribution in [0.2, 0.25) is 0 Å². The van der Waals surface area contributed by atoms with Crippen LogP contribution in [0.15, 0.2) is 30.6 Å². The molecule has 0 saturated carbocycles. The van der Waals surface area contributed by atoms with Gasteiger partial charge >= 0.3 is 0 Å². The first kappa shape index (κ1) is 22.1. The number of anilines is 1. The topological polar surface area (TPSA) is 88.9 Å². The molecule has 0 radical (unpaired) electrons. The molecule has 3 aromatic heterocycles. The number of aliphatic hydroxyl groups excluding tert-OH is 1. The Balaban J connectivity index is 1.50. The normalized spacial score (nSPS) is 17.9. The van der Waals surface area contributed by atoms with Crippen LogP contribution >= 0.6 is 11.3 Å². The summed E-state index contributed by atoms with van der Waals surface area (Å²) >= 11 is 1.71. The van der Waals surface area contributed by atoms with E-state index in [1.807, 2.05) is 11.4 Å². The quantitative estimate of drug-likeness (QED) is 0.418. The Labute approximate surface area is 197 Å². The Hall–Kier alpha value is -2.68. The van der Waals surface area contributed by atoms with Gasteiger partial charge in [-0.05, 0) is 74.7 Å². The molecule has 2 atom stereocenters. The Kier molecular flexibility index (Phi) is 5.99. The zero-order valence-electron chi connectivity index (χ0n) is 19.4. The number of hydrogen-bond acceptors (Lipinski definition) is 7. The second-order valence-corrected chi connectivity index (χ2v) is 10.3. The van der Waals surface area contributed by atoms with Gasteiger partial charge in [0.15, 0.2) is 5.82 Å². The average molecular weight is 466 g/mol. The highest BCUT2D eigenvalue weighted by atomic mass is 32.1. The van der Waals surface area contributed by atoms with Crippen LogP contribution in [0.4, 0.5) is 5.82 Å². The van der Waals surface area contributed by atoms with E-state index in [2.05, 4.69) is 46.2 Å². The number of nitrogens with two attached hydrogens (primary N) is 1. The summed E-state index contributed by atoms with van der Waals surface area (Å²) in [5.74, 6) is 2.03. The fourth-order valence-electron chi connectivity index (χ4n) is 4.98. The van der Waals surface area contributed by atoms with Crippen molar-refractivity contribution in [2.75, 3.05) is 25.9 Å². The lowest BCUT2D eigenvalue weighted by molar-refractivity contribution is 0.173. The van der Waals surface area contributed by atoms with E-state index in [9.17, 15) is 5.11 Å². The number of thiophene rings is 1. The summed E-state index contributed by atoms with van der Waals surface area (Å²) in [5.41, 5.74) is 10.6. The van der Waals surface area contributed by atoms with E-state index >= 15 is 0 Å². The van der Waals surface area contributed by atoms with E-state index in [1.54, 1.807) is 18.4 Å². The Morgan fingerprint density at radius 3 is 2.94 bits per heavy atom. The maximum absolute atomic E-state index is 9.62. The number of benzene rings is 1. The van der Waals surface area contributed by atoms with Gasteiger partial charge in [0.2, 0.25) is 0 Å². The first-order valence-corrected chi connectivity index (χ1v) is 12.3. The molecule has 1 aromatic carbocycles. The molecule has 4 heterocycles. The SMILES string of the molecule is COc1cc(C)cc2cc(-c3cc(CN4CCC(CCC(C)O)C4)n4ncnc(N)c34)sc12. The van der Waals surface area contributed by atoms with Gasteiger partial charge in [-0.2, -0.15) is 5.10 Å². The predicted molar refractivity (Wildman–Crippen MR) is 134 cm³/mol. The predicted octanol–water partition coefficient (Wildman–Crippen LogP) is 4.49. The Bertz CT molecular complexity index is 1300. The first-order valence-electron chi connectivity index (χ1n) is 11.5. The summed E-state index contributed by atoms with van der Waals surface area (Å²) in [6.07, 6.45) is 4.43. The highest BCUT2D eigenvalue weighted by molar-refractivity contribution is 7.22. The Morgan fingerprint density at radius 2 is 2.15 bits per heavy atom. The minimum Gasteiger partial charge on any atom is -0.495 e. The molecule has 0 amide bonds. The van der Waals surface area contributed by atoms with E-state index in [-0.39, 0.29) is 6.10 Å². The van der Waals surface area contributed by atoms with Gasteiger partial charge in [-0.25, -0.2) is 9.50 Å². The van der Waals surface area contributed by atoms with Crippen LogP contribution in [-0.4, -0.2) is 50.9 Å². The number of aryl methyl sites for hydroxylation is 1. The molecule has 4 aromatic rings. The van der Waals surface area contributed by atoms with Gasteiger partial charge in [0.05, 0.1) is 23.6 Å². The molecule has 1 saturated heterocycles. The minimum absolute atomic E-state index is 0.223. The molecule has 1 fully saturated rings. The van der Waals surface area contributed by atoms with Crippen LogP contribution in [0.5, 0.6) is 5.75 Å².